The van der Waals surface area contributed by atoms with Gasteiger partial charge in [-0.3, -0.25) is 0 Å². The average Bonchev–Trinajstić information content (AvgIpc) is 1.60. The third-order valence-corrected chi connectivity index (χ3v) is 2.96. The Morgan fingerprint density at radius 3 is 1.70 bits per heavy atom. The van der Waals surface area contributed by atoms with Crippen molar-refractivity contribution in [2.24, 2.45) is 0 Å². The van der Waals surface area contributed by atoms with E-state index in [4.69, 9.17) is 58.0 Å². The SMILES string of the molecule is CC(Cl)CC(Cl)(Cl)C(Cl)Cl. The number of alkyl halides is 5. The lowest BCUT2D eigenvalue weighted by atomic mass is 10.2. The first kappa shape index (κ1) is 11.4. The number of hydrogen-bond acceptors (Lipinski definition) is 0. The molecule has 0 aromatic rings. The van der Waals surface area contributed by atoms with Gasteiger partial charge >= 0.3 is 0 Å². The normalized spacial score (nSPS) is 15.9. The van der Waals surface area contributed by atoms with E-state index in [1.54, 1.807) is 6.92 Å². The van der Waals surface area contributed by atoms with Crippen molar-refractivity contribution in [3.05, 3.63) is 0 Å². The second-order valence-electron chi connectivity index (χ2n) is 2.05. The highest BCUT2D eigenvalue weighted by molar-refractivity contribution is 6.59. The molecule has 0 amide bonds. The maximum Gasteiger partial charge on any atom is 0.149 e. The summed E-state index contributed by atoms with van der Waals surface area (Å²) in [5, 5.41) is -0.130. The Bertz CT molecular complexity index is 98.2. The fraction of sp³-hybridized carbons (Fsp3) is 1.00. The van der Waals surface area contributed by atoms with Gasteiger partial charge in [-0.25, -0.2) is 0 Å². The van der Waals surface area contributed by atoms with Gasteiger partial charge in [-0.2, -0.15) is 0 Å². The van der Waals surface area contributed by atoms with Crippen LogP contribution in [0.25, 0.3) is 0 Å². The minimum absolute atomic E-state index is 0.130. The van der Waals surface area contributed by atoms with Crippen molar-refractivity contribution in [3.8, 4) is 0 Å². The van der Waals surface area contributed by atoms with E-state index in [0.717, 1.165) is 0 Å². The van der Waals surface area contributed by atoms with Crippen LogP contribution in [0, 0.1) is 0 Å². The van der Waals surface area contributed by atoms with Crippen LogP contribution in [-0.2, 0) is 0 Å². The zero-order valence-electron chi connectivity index (χ0n) is 5.25. The molecule has 0 saturated heterocycles. The van der Waals surface area contributed by atoms with E-state index < -0.39 is 9.17 Å². The van der Waals surface area contributed by atoms with Crippen molar-refractivity contribution < 1.29 is 0 Å². The van der Waals surface area contributed by atoms with E-state index in [1.165, 1.54) is 0 Å². The molecule has 0 saturated carbocycles. The van der Waals surface area contributed by atoms with Gasteiger partial charge in [0.25, 0.3) is 0 Å². The van der Waals surface area contributed by atoms with E-state index in [9.17, 15) is 0 Å². The van der Waals surface area contributed by atoms with Crippen molar-refractivity contribution >= 4 is 58.0 Å². The molecule has 0 fully saturated rings. The Morgan fingerprint density at radius 1 is 1.20 bits per heavy atom. The molecule has 62 valence electrons. The summed E-state index contributed by atoms with van der Waals surface area (Å²) in [7, 11) is 0. The van der Waals surface area contributed by atoms with Crippen molar-refractivity contribution in [2.75, 3.05) is 0 Å². The molecule has 1 unspecified atom stereocenters. The van der Waals surface area contributed by atoms with Gasteiger partial charge in [-0.1, -0.05) is 23.2 Å². The highest BCUT2D eigenvalue weighted by Gasteiger charge is 2.33. The quantitative estimate of drug-likeness (QED) is 0.659. The molecule has 0 nitrogen and oxygen atoms in total. The van der Waals surface area contributed by atoms with E-state index in [2.05, 4.69) is 0 Å². The van der Waals surface area contributed by atoms with Crippen LogP contribution in [0.4, 0.5) is 0 Å². The molecule has 0 bridgehead atoms. The predicted molar refractivity (Wildman–Crippen MR) is 49.9 cm³/mol. The monoisotopic (exact) mass is 242 g/mol. The molecule has 5 heteroatoms. The van der Waals surface area contributed by atoms with Gasteiger partial charge in [0, 0.05) is 5.38 Å². The topological polar surface area (TPSA) is 0 Å². The Kier molecular flexibility index (Phi) is 5.12. The van der Waals surface area contributed by atoms with E-state index in [0.29, 0.717) is 6.42 Å². The summed E-state index contributed by atoms with van der Waals surface area (Å²) < 4.78 is -1.13. The van der Waals surface area contributed by atoms with Gasteiger partial charge in [-0.15, -0.1) is 34.8 Å². The first-order valence-corrected chi connectivity index (χ1v) is 4.73. The van der Waals surface area contributed by atoms with Crippen molar-refractivity contribution in [3.63, 3.8) is 0 Å². The van der Waals surface area contributed by atoms with Crippen LogP contribution in [0.1, 0.15) is 13.3 Å². The van der Waals surface area contributed by atoms with Crippen LogP contribution < -0.4 is 0 Å². The Hall–Kier alpha value is 1.45. The zero-order chi connectivity index (χ0) is 8.36. The average molecular weight is 244 g/mol. The molecule has 0 radical (unpaired) electrons. The Labute approximate surface area is 85.7 Å². The van der Waals surface area contributed by atoms with E-state index >= 15 is 0 Å². The summed E-state index contributed by atoms with van der Waals surface area (Å²) in [4.78, 5) is -0.808. The third kappa shape index (κ3) is 4.35. The lowest BCUT2D eigenvalue weighted by Crippen LogP contribution is -2.24. The molecule has 0 aliphatic rings. The van der Waals surface area contributed by atoms with E-state index in [1.807, 2.05) is 0 Å². The smallest absolute Gasteiger partial charge is 0.123 e. The Balaban J connectivity index is 3.87. The largest absolute Gasteiger partial charge is 0.149 e. The van der Waals surface area contributed by atoms with Gasteiger partial charge in [0.15, 0.2) is 0 Å². The second-order valence-corrected chi connectivity index (χ2v) is 5.43. The highest BCUT2D eigenvalue weighted by Crippen LogP contribution is 2.37. The number of halogens is 5. The minimum Gasteiger partial charge on any atom is -0.123 e. The lowest BCUT2D eigenvalue weighted by molar-refractivity contribution is 0.718. The molecule has 0 aliphatic heterocycles. The first-order valence-electron chi connectivity index (χ1n) is 2.66. The molecule has 0 heterocycles. The molecule has 0 N–H and O–H groups in total. The van der Waals surface area contributed by atoms with Crippen molar-refractivity contribution in [2.45, 2.75) is 27.9 Å². The summed E-state index contributed by atoms with van der Waals surface area (Å²) in [5.74, 6) is 0. The molecule has 0 rings (SSSR count). The van der Waals surface area contributed by atoms with Crippen LogP contribution >= 0.6 is 58.0 Å². The maximum absolute atomic E-state index is 5.68. The standard InChI is InChI=1S/C5H7Cl5/c1-3(6)2-5(9,10)4(7)8/h3-4H,2H2,1H3. The zero-order valence-corrected chi connectivity index (χ0v) is 9.03. The van der Waals surface area contributed by atoms with Crippen LogP contribution in [0.2, 0.25) is 0 Å². The minimum atomic E-state index is -1.13. The van der Waals surface area contributed by atoms with Gasteiger partial charge in [0.1, 0.15) is 9.17 Å². The number of rotatable bonds is 3. The van der Waals surface area contributed by atoms with Crippen LogP contribution in [0.15, 0.2) is 0 Å². The molecule has 1 atom stereocenters. The summed E-state index contributed by atoms with van der Waals surface area (Å²) in [6.07, 6.45) is 0.370. The first-order chi connectivity index (χ1) is 4.36. The van der Waals surface area contributed by atoms with Crippen LogP contribution in [0.3, 0.4) is 0 Å². The Morgan fingerprint density at radius 2 is 1.60 bits per heavy atom. The summed E-state index contributed by atoms with van der Waals surface area (Å²) >= 11 is 27.9. The predicted octanol–water partition coefficient (Wildman–Crippen LogP) is 3.98. The summed E-state index contributed by atoms with van der Waals surface area (Å²) in [6, 6.07) is 0. The number of hydrogen-bond donors (Lipinski definition) is 0. The molecular weight excluding hydrogens is 237 g/mol. The fourth-order valence-electron chi connectivity index (χ4n) is 0.464. The summed E-state index contributed by atoms with van der Waals surface area (Å²) in [5.41, 5.74) is 0. The molecule has 0 aromatic carbocycles. The van der Waals surface area contributed by atoms with Gasteiger partial charge < -0.3 is 0 Å². The second kappa shape index (κ2) is 4.47. The molecule has 10 heavy (non-hydrogen) atoms. The fourth-order valence-corrected chi connectivity index (χ4v) is 1.51. The van der Waals surface area contributed by atoms with Gasteiger partial charge in [0.2, 0.25) is 0 Å². The van der Waals surface area contributed by atoms with Crippen molar-refractivity contribution in [1.29, 1.82) is 0 Å². The van der Waals surface area contributed by atoms with Gasteiger partial charge in [0.05, 0.1) is 0 Å². The third-order valence-electron chi connectivity index (χ3n) is 0.873. The van der Waals surface area contributed by atoms with Gasteiger partial charge in [-0.05, 0) is 13.3 Å². The molecule has 0 spiro atoms. The van der Waals surface area contributed by atoms with Crippen LogP contribution in [0.5, 0.6) is 0 Å². The highest BCUT2D eigenvalue weighted by atomic mass is 35.5. The molecule has 0 aromatic heterocycles. The molecule has 0 aliphatic carbocycles. The van der Waals surface area contributed by atoms with E-state index in [-0.39, 0.29) is 5.38 Å². The van der Waals surface area contributed by atoms with Crippen LogP contribution in [-0.4, -0.2) is 14.5 Å². The van der Waals surface area contributed by atoms with Crippen molar-refractivity contribution in [1.82, 2.24) is 0 Å². The maximum atomic E-state index is 5.68. The molecular formula is C5H7Cl5. The summed E-state index contributed by atoms with van der Waals surface area (Å²) in [6.45, 7) is 1.78. The lowest BCUT2D eigenvalue weighted by Gasteiger charge is -2.21.